The summed E-state index contributed by atoms with van der Waals surface area (Å²) in [6, 6.07) is 14.0. The number of benzene rings is 2. The second-order valence-corrected chi connectivity index (χ2v) is 11.1. The largest absolute Gasteiger partial charge is 0.444 e. The van der Waals surface area contributed by atoms with Crippen LogP contribution in [0.2, 0.25) is 0 Å². The van der Waals surface area contributed by atoms with E-state index in [1.54, 1.807) is 32.9 Å². The first kappa shape index (κ1) is 23.0. The van der Waals surface area contributed by atoms with E-state index < -0.39 is 38.2 Å². The lowest BCUT2D eigenvalue weighted by Gasteiger charge is -2.22. The van der Waals surface area contributed by atoms with Crippen molar-refractivity contribution in [3.05, 3.63) is 65.2 Å². The number of hydrogen-bond donors (Lipinski definition) is 1. The highest BCUT2D eigenvalue weighted by atomic mass is 32.2. The van der Waals surface area contributed by atoms with Gasteiger partial charge in [0.1, 0.15) is 22.7 Å². The summed E-state index contributed by atoms with van der Waals surface area (Å²) >= 11 is 0. The zero-order chi connectivity index (χ0) is 23.0. The van der Waals surface area contributed by atoms with E-state index in [-0.39, 0.29) is 4.90 Å². The molecule has 3 atom stereocenters. The number of aryl methyl sites for hydroxylation is 2. The lowest BCUT2D eigenvalue weighted by atomic mass is 10.0. The van der Waals surface area contributed by atoms with Gasteiger partial charge >= 0.3 is 6.09 Å². The number of ether oxygens (including phenoxy) is 1. The second kappa shape index (κ2) is 8.11. The summed E-state index contributed by atoms with van der Waals surface area (Å²) in [4.78, 5) is 24.9. The summed E-state index contributed by atoms with van der Waals surface area (Å²) in [5.41, 5.74) is 0.321. The van der Waals surface area contributed by atoms with Gasteiger partial charge in [-0.15, -0.1) is 0 Å². The molecular weight excluding hydrogens is 414 g/mol. The fraction of sp³-hybridized carbons (Fsp3) is 0.417. The Labute approximate surface area is 183 Å². The van der Waals surface area contributed by atoms with Crippen molar-refractivity contribution in [2.75, 3.05) is 0 Å². The minimum atomic E-state index is -3.91. The smallest absolute Gasteiger partial charge is 0.408 e. The number of amides is 1. The van der Waals surface area contributed by atoms with Crippen molar-refractivity contribution < 1.29 is 22.7 Å². The van der Waals surface area contributed by atoms with Gasteiger partial charge in [0, 0.05) is 5.92 Å². The number of nitrogens with one attached hydrogen (secondary N) is 1. The Morgan fingerprint density at radius 3 is 2.16 bits per heavy atom. The van der Waals surface area contributed by atoms with Crippen molar-refractivity contribution in [2.24, 2.45) is 0 Å². The molecule has 0 aliphatic heterocycles. The van der Waals surface area contributed by atoms with Crippen LogP contribution in [-0.2, 0) is 25.8 Å². The lowest BCUT2D eigenvalue weighted by molar-refractivity contribution is -0.110. The number of aldehydes is 1. The van der Waals surface area contributed by atoms with Crippen molar-refractivity contribution in [2.45, 2.75) is 68.2 Å². The van der Waals surface area contributed by atoms with Gasteiger partial charge in [0.05, 0.1) is 4.90 Å². The van der Waals surface area contributed by atoms with Crippen LogP contribution in [0, 0.1) is 6.92 Å². The van der Waals surface area contributed by atoms with Crippen LogP contribution in [0.5, 0.6) is 0 Å². The first-order valence-electron chi connectivity index (χ1n) is 10.3. The number of carbonyl (C=O) groups excluding carboxylic acids is 2. The zero-order valence-corrected chi connectivity index (χ0v) is 19.3. The van der Waals surface area contributed by atoms with Crippen molar-refractivity contribution >= 4 is 22.2 Å². The van der Waals surface area contributed by atoms with E-state index in [9.17, 15) is 18.0 Å². The van der Waals surface area contributed by atoms with Gasteiger partial charge in [-0.1, -0.05) is 48.9 Å². The van der Waals surface area contributed by atoms with E-state index in [1.807, 2.05) is 38.1 Å². The van der Waals surface area contributed by atoms with Crippen LogP contribution in [0.1, 0.15) is 50.3 Å². The van der Waals surface area contributed by atoms with E-state index in [4.69, 9.17) is 4.74 Å². The molecule has 7 heteroatoms. The van der Waals surface area contributed by atoms with Gasteiger partial charge in [-0.2, -0.15) is 0 Å². The molecule has 0 aromatic heterocycles. The molecule has 0 spiro atoms. The normalized spacial score (nSPS) is 23.1. The Balaban J connectivity index is 2.04. The van der Waals surface area contributed by atoms with E-state index in [1.165, 1.54) is 12.1 Å². The highest BCUT2D eigenvalue weighted by Crippen LogP contribution is 2.56. The van der Waals surface area contributed by atoms with Crippen LogP contribution in [0.3, 0.4) is 0 Å². The second-order valence-electron chi connectivity index (χ2n) is 9.03. The summed E-state index contributed by atoms with van der Waals surface area (Å²) in [7, 11) is -3.91. The minimum absolute atomic E-state index is 0.119. The van der Waals surface area contributed by atoms with E-state index >= 15 is 0 Å². The molecule has 1 aliphatic carbocycles. The van der Waals surface area contributed by atoms with Crippen molar-refractivity contribution in [3.8, 4) is 0 Å². The summed E-state index contributed by atoms with van der Waals surface area (Å²) in [6.07, 6.45) is 0.549. The molecule has 0 saturated heterocycles. The summed E-state index contributed by atoms with van der Waals surface area (Å²) in [6.45, 7) is 9.00. The first-order chi connectivity index (χ1) is 14.4. The molecule has 1 fully saturated rings. The van der Waals surface area contributed by atoms with Crippen molar-refractivity contribution in [3.63, 3.8) is 0 Å². The molecule has 0 radical (unpaired) electrons. The quantitative estimate of drug-likeness (QED) is 0.683. The third kappa shape index (κ3) is 4.51. The molecule has 6 nitrogen and oxygen atoms in total. The maximum atomic E-state index is 13.5. The fourth-order valence-electron chi connectivity index (χ4n) is 3.90. The molecule has 0 unspecified atom stereocenters. The summed E-state index contributed by atoms with van der Waals surface area (Å²) in [5.74, 6) is -0.713. The van der Waals surface area contributed by atoms with E-state index in [0.717, 1.165) is 17.5 Å². The maximum Gasteiger partial charge on any atom is 0.408 e. The van der Waals surface area contributed by atoms with Crippen molar-refractivity contribution in [1.82, 2.24) is 5.32 Å². The van der Waals surface area contributed by atoms with Gasteiger partial charge in [0.25, 0.3) is 0 Å². The van der Waals surface area contributed by atoms with Crippen molar-refractivity contribution in [1.29, 1.82) is 0 Å². The van der Waals surface area contributed by atoms with Crippen LogP contribution in [0.25, 0.3) is 0 Å². The molecule has 1 aliphatic rings. The average molecular weight is 444 g/mol. The zero-order valence-electron chi connectivity index (χ0n) is 18.5. The Kier molecular flexibility index (Phi) is 6.02. The van der Waals surface area contributed by atoms with Crippen LogP contribution in [0.15, 0.2) is 53.4 Å². The first-order valence-corrected chi connectivity index (χ1v) is 11.9. The monoisotopic (exact) mass is 443 g/mol. The molecule has 0 bridgehead atoms. The van der Waals surface area contributed by atoms with E-state index in [2.05, 4.69) is 5.32 Å². The number of hydrogen-bond acceptors (Lipinski definition) is 5. The Morgan fingerprint density at radius 1 is 1.10 bits per heavy atom. The Morgan fingerprint density at radius 2 is 1.68 bits per heavy atom. The lowest BCUT2D eigenvalue weighted by Crippen LogP contribution is -2.45. The topological polar surface area (TPSA) is 89.5 Å². The van der Waals surface area contributed by atoms with Crippen LogP contribution >= 0.6 is 0 Å². The molecule has 3 rings (SSSR count). The molecule has 166 valence electrons. The molecule has 2 aromatic carbocycles. The van der Waals surface area contributed by atoms with Crippen LogP contribution < -0.4 is 5.32 Å². The van der Waals surface area contributed by atoms with Crippen LogP contribution in [0.4, 0.5) is 4.79 Å². The SMILES string of the molecule is CCc1ccc([C@@H]2[C@H](S(=O)(=O)c3ccc(C)cc3)[C@]2(C=O)NC(=O)OC(C)(C)C)cc1. The third-order valence-corrected chi connectivity index (χ3v) is 7.78. The average Bonchev–Trinajstić information content (AvgIpc) is 3.36. The van der Waals surface area contributed by atoms with Gasteiger partial charge in [-0.3, -0.25) is 0 Å². The van der Waals surface area contributed by atoms with Gasteiger partial charge in [0.2, 0.25) is 0 Å². The molecule has 0 heterocycles. The summed E-state index contributed by atoms with van der Waals surface area (Å²) in [5, 5.41) is 1.45. The predicted octanol–water partition coefficient (Wildman–Crippen LogP) is 3.96. The standard InChI is InChI=1S/C24H29NO5S/c1-6-17-9-11-18(12-10-17)20-21(31(28,29)19-13-7-16(2)8-14-19)24(20,15-26)25-22(27)30-23(3,4)5/h7-15,20-21H,6H2,1-5H3,(H,25,27)/t20-,21+,24-/m1/s1. The fourth-order valence-corrected chi connectivity index (χ4v) is 6.14. The van der Waals surface area contributed by atoms with Crippen LogP contribution in [-0.4, -0.2) is 37.2 Å². The summed E-state index contributed by atoms with van der Waals surface area (Å²) < 4.78 is 32.3. The highest BCUT2D eigenvalue weighted by Gasteiger charge is 2.73. The number of sulfone groups is 1. The maximum absolute atomic E-state index is 13.5. The van der Waals surface area contributed by atoms with Gasteiger partial charge < -0.3 is 14.8 Å². The Bertz CT molecular complexity index is 1070. The number of rotatable bonds is 6. The number of carbonyl (C=O) groups is 2. The molecule has 1 N–H and O–H groups in total. The molecule has 1 saturated carbocycles. The number of alkyl carbamates (subject to hydrolysis) is 1. The highest BCUT2D eigenvalue weighted by molar-refractivity contribution is 7.92. The van der Waals surface area contributed by atoms with Gasteiger partial charge in [-0.25, -0.2) is 13.2 Å². The molecule has 31 heavy (non-hydrogen) atoms. The minimum Gasteiger partial charge on any atom is -0.444 e. The molecule has 2 aromatic rings. The van der Waals surface area contributed by atoms with E-state index in [0.29, 0.717) is 11.8 Å². The van der Waals surface area contributed by atoms with Gasteiger partial charge in [-0.05, 0) is 57.4 Å². The molecule has 1 amide bonds. The molecular formula is C24H29NO5S. The third-order valence-electron chi connectivity index (χ3n) is 5.52. The Hall–Kier alpha value is -2.67. The predicted molar refractivity (Wildman–Crippen MR) is 119 cm³/mol. The van der Waals surface area contributed by atoms with Gasteiger partial charge in [0.15, 0.2) is 9.84 Å².